The molecule has 0 saturated carbocycles. The predicted molar refractivity (Wildman–Crippen MR) is 69.2 cm³/mol. The van der Waals surface area contributed by atoms with Gasteiger partial charge in [-0.3, -0.25) is 9.59 Å². The van der Waals surface area contributed by atoms with E-state index in [-0.39, 0.29) is 18.5 Å². The van der Waals surface area contributed by atoms with Gasteiger partial charge in [0.2, 0.25) is 5.91 Å². The van der Waals surface area contributed by atoms with Gasteiger partial charge in [0.1, 0.15) is 6.61 Å². The number of thiazole rings is 1. The highest BCUT2D eigenvalue weighted by Gasteiger charge is 2.06. The van der Waals surface area contributed by atoms with Crippen LogP contribution in [0.3, 0.4) is 0 Å². The molecule has 1 aromatic heterocycles. The Bertz CT molecular complexity index is 404. The lowest BCUT2D eigenvalue weighted by Crippen LogP contribution is -2.21. The van der Waals surface area contributed by atoms with Crippen LogP contribution >= 0.6 is 11.3 Å². The van der Waals surface area contributed by atoms with E-state index in [0.717, 1.165) is 17.1 Å². The second-order valence-corrected chi connectivity index (χ2v) is 4.78. The number of ether oxygens (including phenoxy) is 1. The fourth-order valence-electron chi connectivity index (χ4n) is 1.30. The Morgan fingerprint density at radius 2 is 2.28 bits per heavy atom. The zero-order chi connectivity index (χ0) is 13.4. The first-order valence-corrected chi connectivity index (χ1v) is 6.83. The minimum Gasteiger partial charge on any atom is -0.459 e. The Morgan fingerprint density at radius 3 is 2.89 bits per heavy atom. The zero-order valence-corrected chi connectivity index (χ0v) is 11.5. The van der Waals surface area contributed by atoms with Gasteiger partial charge in [0, 0.05) is 25.3 Å². The topological polar surface area (TPSA) is 68.3 Å². The van der Waals surface area contributed by atoms with Crippen molar-refractivity contribution in [3.63, 3.8) is 0 Å². The number of nitrogens with zero attached hydrogens (tertiary/aromatic N) is 1. The van der Waals surface area contributed by atoms with Crippen molar-refractivity contribution in [2.24, 2.45) is 0 Å². The zero-order valence-electron chi connectivity index (χ0n) is 10.7. The average Bonchev–Trinajstić information content (AvgIpc) is 2.80. The summed E-state index contributed by atoms with van der Waals surface area (Å²) in [6.45, 7) is 4.22. The quantitative estimate of drug-likeness (QED) is 0.604. The highest BCUT2D eigenvalue weighted by atomic mass is 32.1. The molecule has 1 rings (SSSR count). The average molecular weight is 270 g/mol. The number of amides is 1. The lowest BCUT2D eigenvalue weighted by molar-refractivity contribution is -0.145. The summed E-state index contributed by atoms with van der Waals surface area (Å²) >= 11 is 1.58. The molecule has 0 aromatic carbocycles. The van der Waals surface area contributed by atoms with Crippen molar-refractivity contribution in [2.45, 2.75) is 39.7 Å². The van der Waals surface area contributed by atoms with Gasteiger partial charge in [-0.1, -0.05) is 6.92 Å². The Balaban J connectivity index is 2.14. The summed E-state index contributed by atoms with van der Waals surface area (Å²) in [7, 11) is 0. The molecule has 0 radical (unpaired) electrons. The first-order chi connectivity index (χ1) is 8.61. The molecule has 0 aliphatic carbocycles. The number of nitrogens with one attached hydrogen (secondary N) is 1. The maximum Gasteiger partial charge on any atom is 0.306 e. The number of aromatic nitrogens is 1. The number of carbonyl (C=O) groups is 2. The van der Waals surface area contributed by atoms with Crippen LogP contribution in [0.15, 0.2) is 5.38 Å². The summed E-state index contributed by atoms with van der Waals surface area (Å²) in [6, 6.07) is 0. The van der Waals surface area contributed by atoms with E-state index in [9.17, 15) is 9.59 Å². The van der Waals surface area contributed by atoms with Gasteiger partial charge in [-0.05, 0) is 12.8 Å². The highest BCUT2D eigenvalue weighted by Crippen LogP contribution is 2.11. The number of rotatable bonds is 7. The van der Waals surface area contributed by atoms with Crippen molar-refractivity contribution < 1.29 is 14.3 Å². The third-order valence-electron chi connectivity index (χ3n) is 2.21. The van der Waals surface area contributed by atoms with E-state index < -0.39 is 0 Å². The first kappa shape index (κ1) is 14.6. The first-order valence-electron chi connectivity index (χ1n) is 5.95. The van der Waals surface area contributed by atoms with E-state index in [2.05, 4.69) is 10.3 Å². The van der Waals surface area contributed by atoms with E-state index in [1.54, 1.807) is 11.3 Å². The fourth-order valence-corrected chi connectivity index (χ4v) is 2.03. The van der Waals surface area contributed by atoms with Crippen LogP contribution < -0.4 is 5.32 Å². The molecule has 0 atom stereocenters. The summed E-state index contributed by atoms with van der Waals surface area (Å²) in [5.41, 5.74) is 0.798. The molecular formula is C12H18N2O3S. The number of aryl methyl sites for hydroxylation is 1. The molecular weight excluding hydrogens is 252 g/mol. The van der Waals surface area contributed by atoms with Gasteiger partial charge in [0.25, 0.3) is 0 Å². The van der Waals surface area contributed by atoms with E-state index in [0.29, 0.717) is 19.4 Å². The molecule has 0 fully saturated rings. The molecule has 5 nitrogen and oxygen atoms in total. The molecule has 1 N–H and O–H groups in total. The molecule has 0 saturated heterocycles. The SMILES string of the molecule is CCc1nc(COC(=O)CCCNC(C)=O)cs1. The van der Waals surface area contributed by atoms with Crippen molar-refractivity contribution in [1.29, 1.82) is 0 Å². The van der Waals surface area contributed by atoms with Crippen LogP contribution in [0.2, 0.25) is 0 Å². The highest BCUT2D eigenvalue weighted by molar-refractivity contribution is 7.09. The standard InChI is InChI=1S/C12H18N2O3S/c1-3-11-14-10(8-18-11)7-17-12(16)5-4-6-13-9(2)15/h8H,3-7H2,1-2H3,(H,13,15). The molecule has 18 heavy (non-hydrogen) atoms. The second-order valence-electron chi connectivity index (χ2n) is 3.83. The molecule has 0 aliphatic rings. The number of hydrogen-bond acceptors (Lipinski definition) is 5. The third kappa shape index (κ3) is 5.77. The van der Waals surface area contributed by atoms with Crippen molar-refractivity contribution in [2.75, 3.05) is 6.54 Å². The summed E-state index contributed by atoms with van der Waals surface area (Å²) in [5, 5.41) is 5.58. The molecule has 1 aromatic rings. The molecule has 0 bridgehead atoms. The van der Waals surface area contributed by atoms with Crippen molar-refractivity contribution in [3.05, 3.63) is 16.1 Å². The van der Waals surface area contributed by atoms with Gasteiger partial charge in [0.05, 0.1) is 10.7 Å². The lowest BCUT2D eigenvalue weighted by Gasteiger charge is -2.03. The number of carbonyl (C=O) groups excluding carboxylic acids is 2. The Hall–Kier alpha value is -1.43. The summed E-state index contributed by atoms with van der Waals surface area (Å²) in [5.74, 6) is -0.343. The van der Waals surface area contributed by atoms with Gasteiger partial charge < -0.3 is 10.1 Å². The predicted octanol–water partition coefficient (Wildman–Crippen LogP) is 1.66. The molecule has 1 amide bonds. The van der Waals surface area contributed by atoms with Crippen LogP contribution in [-0.2, 0) is 27.4 Å². The summed E-state index contributed by atoms with van der Waals surface area (Å²) in [6.07, 6.45) is 1.80. The smallest absolute Gasteiger partial charge is 0.306 e. The maximum absolute atomic E-state index is 11.4. The van der Waals surface area contributed by atoms with E-state index in [4.69, 9.17) is 4.74 Å². The number of esters is 1. The second kappa shape index (κ2) is 7.81. The molecule has 6 heteroatoms. The van der Waals surface area contributed by atoms with Gasteiger partial charge in [-0.25, -0.2) is 4.98 Å². The monoisotopic (exact) mass is 270 g/mol. The van der Waals surface area contributed by atoms with Gasteiger partial charge in [0.15, 0.2) is 0 Å². The van der Waals surface area contributed by atoms with E-state index in [1.807, 2.05) is 12.3 Å². The van der Waals surface area contributed by atoms with Gasteiger partial charge in [-0.2, -0.15) is 0 Å². The lowest BCUT2D eigenvalue weighted by atomic mass is 10.3. The van der Waals surface area contributed by atoms with Crippen LogP contribution in [-0.4, -0.2) is 23.4 Å². The van der Waals surface area contributed by atoms with Crippen LogP contribution in [0.1, 0.15) is 37.4 Å². The van der Waals surface area contributed by atoms with Gasteiger partial charge >= 0.3 is 5.97 Å². The van der Waals surface area contributed by atoms with Gasteiger partial charge in [-0.15, -0.1) is 11.3 Å². The van der Waals surface area contributed by atoms with Crippen molar-refractivity contribution in [3.8, 4) is 0 Å². The van der Waals surface area contributed by atoms with Crippen LogP contribution in [0, 0.1) is 0 Å². The van der Waals surface area contributed by atoms with Crippen LogP contribution in [0.4, 0.5) is 0 Å². The molecule has 0 aliphatic heterocycles. The largest absolute Gasteiger partial charge is 0.459 e. The van der Waals surface area contributed by atoms with E-state index in [1.165, 1.54) is 6.92 Å². The van der Waals surface area contributed by atoms with Crippen LogP contribution in [0.25, 0.3) is 0 Å². The summed E-state index contributed by atoms with van der Waals surface area (Å²) in [4.78, 5) is 26.3. The van der Waals surface area contributed by atoms with Crippen LogP contribution in [0.5, 0.6) is 0 Å². The Morgan fingerprint density at radius 1 is 1.50 bits per heavy atom. The maximum atomic E-state index is 11.4. The Kier molecular flexibility index (Phi) is 6.35. The third-order valence-corrected chi connectivity index (χ3v) is 3.26. The van der Waals surface area contributed by atoms with E-state index >= 15 is 0 Å². The summed E-state index contributed by atoms with van der Waals surface area (Å²) < 4.78 is 5.09. The molecule has 0 spiro atoms. The number of hydrogen-bond donors (Lipinski definition) is 1. The minimum absolute atomic E-state index is 0.0852. The Labute approximate surface area is 111 Å². The normalized spacial score (nSPS) is 10.1. The fraction of sp³-hybridized carbons (Fsp3) is 0.583. The molecule has 100 valence electrons. The molecule has 1 heterocycles. The molecule has 0 unspecified atom stereocenters. The van der Waals surface area contributed by atoms with Crippen molar-refractivity contribution in [1.82, 2.24) is 10.3 Å². The van der Waals surface area contributed by atoms with Crippen molar-refractivity contribution >= 4 is 23.2 Å². The minimum atomic E-state index is -0.258.